The number of carbonyl (C=O) groups excluding carboxylic acids is 1. The number of hydrogen-bond acceptors (Lipinski definition) is 5. The molecule has 2 N–H and O–H groups in total. The molecule has 0 saturated carbocycles. The smallest absolute Gasteiger partial charge is 0.251 e. The number of benzene rings is 1. The third-order valence-electron chi connectivity index (χ3n) is 5.14. The average Bonchev–Trinajstić information content (AvgIpc) is 2.71. The minimum atomic E-state index is -0.230. The maximum atomic E-state index is 12.4. The molecule has 1 amide bonds. The van der Waals surface area contributed by atoms with Crippen molar-refractivity contribution in [1.29, 1.82) is 0 Å². The van der Waals surface area contributed by atoms with Gasteiger partial charge in [-0.15, -0.1) is 0 Å². The van der Waals surface area contributed by atoms with Crippen molar-refractivity contribution in [2.75, 3.05) is 0 Å². The lowest BCUT2D eigenvalue weighted by molar-refractivity contribution is 0.0950. The summed E-state index contributed by atoms with van der Waals surface area (Å²) in [6, 6.07) is 8.65. The highest BCUT2D eigenvalue weighted by molar-refractivity contribution is 5.94. The first-order valence-corrected chi connectivity index (χ1v) is 9.81. The molecule has 7 nitrogen and oxygen atoms in total. The zero-order chi connectivity index (χ0) is 20.4. The lowest BCUT2D eigenvalue weighted by atomic mass is 9.95. The molecule has 0 unspecified atom stereocenters. The van der Waals surface area contributed by atoms with Gasteiger partial charge in [0, 0.05) is 28.6 Å². The molecule has 0 fully saturated rings. The van der Waals surface area contributed by atoms with Gasteiger partial charge in [0.25, 0.3) is 11.5 Å². The van der Waals surface area contributed by atoms with Crippen LogP contribution in [0.15, 0.2) is 35.1 Å². The van der Waals surface area contributed by atoms with Gasteiger partial charge in [0.1, 0.15) is 5.82 Å². The van der Waals surface area contributed by atoms with Crippen molar-refractivity contribution >= 4 is 5.91 Å². The van der Waals surface area contributed by atoms with E-state index in [1.165, 1.54) is 24.5 Å². The average molecular weight is 389 g/mol. The van der Waals surface area contributed by atoms with Crippen LogP contribution in [-0.4, -0.2) is 25.8 Å². The largest absolute Gasteiger partial charge is 0.346 e. The Morgan fingerprint density at radius 3 is 2.59 bits per heavy atom. The molecule has 0 spiro atoms. The van der Waals surface area contributed by atoms with Crippen LogP contribution in [0.5, 0.6) is 0 Å². The number of nitrogens with one attached hydrogen (secondary N) is 2. The van der Waals surface area contributed by atoms with Crippen molar-refractivity contribution in [3.8, 4) is 11.4 Å². The minimum absolute atomic E-state index is 0.193. The topological polar surface area (TPSA) is 101 Å². The molecule has 2 heterocycles. The predicted octanol–water partition coefficient (Wildman–Crippen LogP) is 2.65. The normalized spacial score (nSPS) is 13.0. The van der Waals surface area contributed by atoms with Gasteiger partial charge in [-0.1, -0.05) is 12.1 Å². The first kappa shape index (κ1) is 19.0. The minimum Gasteiger partial charge on any atom is -0.346 e. The van der Waals surface area contributed by atoms with E-state index in [4.69, 9.17) is 4.98 Å². The Hall–Kier alpha value is -3.35. The fourth-order valence-electron chi connectivity index (χ4n) is 3.69. The molecule has 0 saturated heterocycles. The number of H-pyrrole nitrogens is 1. The van der Waals surface area contributed by atoms with Crippen LogP contribution < -0.4 is 10.9 Å². The van der Waals surface area contributed by atoms with Gasteiger partial charge in [0.2, 0.25) is 0 Å². The quantitative estimate of drug-likeness (QED) is 0.714. The van der Waals surface area contributed by atoms with Crippen LogP contribution in [0, 0.1) is 13.8 Å². The van der Waals surface area contributed by atoms with E-state index in [2.05, 4.69) is 20.3 Å². The number of aromatic nitrogens is 4. The van der Waals surface area contributed by atoms with E-state index in [0.717, 1.165) is 29.8 Å². The molecule has 1 aliphatic rings. The van der Waals surface area contributed by atoms with Crippen molar-refractivity contribution in [3.63, 3.8) is 0 Å². The highest BCUT2D eigenvalue weighted by Crippen LogP contribution is 2.25. The molecule has 0 atom stereocenters. The van der Waals surface area contributed by atoms with Crippen LogP contribution in [0.1, 0.15) is 51.7 Å². The maximum absolute atomic E-state index is 12.4. The van der Waals surface area contributed by atoms with Crippen molar-refractivity contribution < 1.29 is 4.79 Å². The number of rotatable bonds is 4. The van der Waals surface area contributed by atoms with Gasteiger partial charge in [0.05, 0.1) is 12.2 Å². The number of hydrogen-bond donors (Lipinski definition) is 2. The Morgan fingerprint density at radius 2 is 1.83 bits per heavy atom. The fourth-order valence-corrected chi connectivity index (χ4v) is 3.69. The Labute approximate surface area is 168 Å². The summed E-state index contributed by atoms with van der Waals surface area (Å²) < 4.78 is 0. The monoisotopic (exact) mass is 389 g/mol. The molecule has 0 aliphatic heterocycles. The molecule has 148 valence electrons. The maximum Gasteiger partial charge on any atom is 0.251 e. The van der Waals surface area contributed by atoms with Gasteiger partial charge in [-0.05, 0) is 57.2 Å². The van der Waals surface area contributed by atoms with Crippen molar-refractivity contribution in [2.24, 2.45) is 0 Å². The van der Waals surface area contributed by atoms with E-state index in [0.29, 0.717) is 22.9 Å². The standard InChI is InChI=1S/C22H23N5O2/c1-13-18-5-3-4-6-19(18)27-21(24-13)15-7-9-16(10-8-15)22(29)23-12-17-11-20(28)26-14(2)25-17/h7-11H,3-6,12H2,1-2H3,(H,23,29)(H,25,26,28). The number of nitrogens with zero attached hydrogens (tertiary/aromatic N) is 3. The number of aromatic amines is 1. The van der Waals surface area contributed by atoms with Crippen LogP contribution in [0.4, 0.5) is 0 Å². The second-order valence-corrected chi connectivity index (χ2v) is 7.35. The van der Waals surface area contributed by atoms with Gasteiger partial charge in [-0.3, -0.25) is 9.59 Å². The molecule has 0 bridgehead atoms. The van der Waals surface area contributed by atoms with Crippen LogP contribution in [0.3, 0.4) is 0 Å². The SMILES string of the molecule is Cc1nc(CNC(=O)c2ccc(-c3nc(C)c4c(n3)CCCC4)cc2)cc(=O)[nH]1. The Morgan fingerprint density at radius 1 is 1.07 bits per heavy atom. The molecule has 29 heavy (non-hydrogen) atoms. The van der Waals surface area contributed by atoms with E-state index >= 15 is 0 Å². The number of aryl methyl sites for hydroxylation is 3. The van der Waals surface area contributed by atoms with Gasteiger partial charge >= 0.3 is 0 Å². The zero-order valence-corrected chi connectivity index (χ0v) is 16.6. The summed E-state index contributed by atoms with van der Waals surface area (Å²) >= 11 is 0. The second kappa shape index (κ2) is 7.95. The summed E-state index contributed by atoms with van der Waals surface area (Å²) in [5.74, 6) is 1.00. The van der Waals surface area contributed by atoms with Crippen LogP contribution in [0.2, 0.25) is 0 Å². The Kier molecular flexibility index (Phi) is 5.20. The Balaban J connectivity index is 1.48. The second-order valence-electron chi connectivity index (χ2n) is 7.35. The Bertz CT molecular complexity index is 1120. The molecular weight excluding hydrogens is 366 g/mol. The van der Waals surface area contributed by atoms with Gasteiger partial charge < -0.3 is 10.3 Å². The lowest BCUT2D eigenvalue weighted by Crippen LogP contribution is -2.24. The van der Waals surface area contributed by atoms with Crippen LogP contribution in [0.25, 0.3) is 11.4 Å². The fraction of sp³-hybridized carbons (Fsp3) is 0.318. The zero-order valence-electron chi connectivity index (χ0n) is 16.6. The van der Waals surface area contributed by atoms with E-state index in [1.807, 2.05) is 19.1 Å². The first-order chi connectivity index (χ1) is 14.0. The third kappa shape index (κ3) is 4.23. The lowest BCUT2D eigenvalue weighted by Gasteiger charge is -2.17. The van der Waals surface area contributed by atoms with Crippen LogP contribution in [-0.2, 0) is 19.4 Å². The summed E-state index contributed by atoms with van der Waals surface area (Å²) in [6.45, 7) is 3.94. The molecule has 1 aliphatic carbocycles. The van der Waals surface area contributed by atoms with E-state index in [9.17, 15) is 9.59 Å². The first-order valence-electron chi connectivity index (χ1n) is 9.81. The number of fused-ring (bicyclic) bond motifs is 1. The molecular formula is C22H23N5O2. The summed E-state index contributed by atoms with van der Waals surface area (Å²) in [6.07, 6.45) is 4.43. The summed E-state index contributed by atoms with van der Waals surface area (Å²) in [5, 5.41) is 2.79. The highest BCUT2D eigenvalue weighted by Gasteiger charge is 2.16. The van der Waals surface area contributed by atoms with E-state index in [-0.39, 0.29) is 18.0 Å². The predicted molar refractivity (Wildman–Crippen MR) is 110 cm³/mol. The van der Waals surface area contributed by atoms with Crippen molar-refractivity contribution in [1.82, 2.24) is 25.3 Å². The molecule has 0 radical (unpaired) electrons. The highest BCUT2D eigenvalue weighted by atomic mass is 16.1. The van der Waals surface area contributed by atoms with E-state index in [1.54, 1.807) is 19.1 Å². The molecule has 1 aromatic carbocycles. The van der Waals surface area contributed by atoms with Crippen LogP contribution >= 0.6 is 0 Å². The third-order valence-corrected chi connectivity index (χ3v) is 5.14. The van der Waals surface area contributed by atoms with Crippen molar-refractivity contribution in [2.45, 2.75) is 46.1 Å². The molecule has 4 rings (SSSR count). The van der Waals surface area contributed by atoms with Gasteiger partial charge in [-0.25, -0.2) is 15.0 Å². The molecule has 3 aromatic rings. The summed E-state index contributed by atoms with van der Waals surface area (Å²) in [7, 11) is 0. The summed E-state index contributed by atoms with van der Waals surface area (Å²) in [5.41, 5.74) is 5.21. The molecule has 2 aromatic heterocycles. The van der Waals surface area contributed by atoms with Gasteiger partial charge in [0.15, 0.2) is 5.82 Å². The number of carbonyl (C=O) groups is 1. The number of amides is 1. The van der Waals surface area contributed by atoms with Crippen molar-refractivity contribution in [3.05, 3.63) is 74.7 Å². The van der Waals surface area contributed by atoms with Gasteiger partial charge in [-0.2, -0.15) is 0 Å². The molecule has 7 heteroatoms. The summed E-state index contributed by atoms with van der Waals surface area (Å²) in [4.78, 5) is 40.1. The van der Waals surface area contributed by atoms with E-state index < -0.39 is 0 Å².